The fraction of sp³-hybridized carbons (Fsp3) is 0.105. The normalized spacial score (nSPS) is 11.8. The first-order valence-corrected chi connectivity index (χ1v) is 10.6. The van der Waals surface area contributed by atoms with Gasteiger partial charge in [-0.1, -0.05) is 41.9 Å². The number of sulfone groups is 1. The molecule has 2 heterocycles. The molecule has 0 aliphatic carbocycles. The van der Waals surface area contributed by atoms with Crippen molar-refractivity contribution in [2.45, 2.75) is 11.3 Å². The average Bonchev–Trinajstić information content (AvgIpc) is 3.33. The van der Waals surface area contributed by atoms with Gasteiger partial charge in [0, 0.05) is 6.20 Å². The molecule has 0 fully saturated rings. The summed E-state index contributed by atoms with van der Waals surface area (Å²) in [6.07, 6.45) is 2.87. The number of carboxylic acid groups (broad SMARTS) is 1. The number of hydrogen-bond acceptors (Lipinski definition) is 5. The quantitative estimate of drug-likeness (QED) is 0.485. The highest BCUT2D eigenvalue weighted by Crippen LogP contribution is 2.28. The van der Waals surface area contributed by atoms with Crippen molar-refractivity contribution in [3.8, 4) is 5.95 Å². The first kappa shape index (κ1) is 19.2. The molecule has 0 unspecified atom stereocenters. The van der Waals surface area contributed by atoms with Gasteiger partial charge in [-0.2, -0.15) is 5.10 Å². The molecule has 0 amide bonds. The molecule has 2 N–H and O–H groups in total. The second-order valence-corrected chi connectivity index (χ2v) is 8.88. The van der Waals surface area contributed by atoms with Crippen LogP contribution in [0.3, 0.4) is 0 Å². The van der Waals surface area contributed by atoms with Gasteiger partial charge in [0.05, 0.1) is 38.5 Å². The van der Waals surface area contributed by atoms with Gasteiger partial charge < -0.3 is 10.1 Å². The van der Waals surface area contributed by atoms with Gasteiger partial charge in [0.25, 0.3) is 0 Å². The molecule has 8 nitrogen and oxygen atoms in total. The molecule has 0 aliphatic heterocycles. The topological polar surface area (TPSA) is 118 Å². The van der Waals surface area contributed by atoms with Gasteiger partial charge in [0.15, 0.2) is 9.84 Å². The van der Waals surface area contributed by atoms with Gasteiger partial charge >= 0.3 is 5.97 Å². The molecule has 2 aromatic carbocycles. The van der Waals surface area contributed by atoms with Crippen LogP contribution in [0.15, 0.2) is 59.8 Å². The Hall–Kier alpha value is -3.17. The zero-order chi connectivity index (χ0) is 20.6. The van der Waals surface area contributed by atoms with E-state index in [2.05, 4.69) is 15.1 Å². The van der Waals surface area contributed by atoms with E-state index >= 15 is 0 Å². The monoisotopic (exact) mass is 430 g/mol. The van der Waals surface area contributed by atoms with Gasteiger partial charge in [-0.3, -0.25) is 0 Å². The van der Waals surface area contributed by atoms with Crippen LogP contribution < -0.4 is 0 Å². The van der Waals surface area contributed by atoms with Gasteiger partial charge in [0.2, 0.25) is 5.95 Å². The summed E-state index contributed by atoms with van der Waals surface area (Å²) < 4.78 is 26.9. The van der Waals surface area contributed by atoms with E-state index in [0.717, 1.165) is 5.56 Å². The highest BCUT2D eigenvalue weighted by atomic mass is 35.5. The zero-order valence-electron chi connectivity index (χ0n) is 14.9. The number of aromatic nitrogens is 4. The molecule has 4 aromatic rings. The van der Waals surface area contributed by atoms with Crippen molar-refractivity contribution >= 4 is 38.4 Å². The minimum absolute atomic E-state index is 0.00710. The Bertz CT molecular complexity index is 1310. The number of aromatic carboxylic acids is 1. The number of nitrogens with zero attached hydrogens (tertiary/aromatic N) is 3. The number of carbonyl (C=O) groups is 1. The smallest absolute Gasteiger partial charge is 0.338 e. The summed E-state index contributed by atoms with van der Waals surface area (Å²) in [4.78, 5) is 18.3. The third kappa shape index (κ3) is 3.87. The largest absolute Gasteiger partial charge is 0.478 e. The fourth-order valence-electron chi connectivity index (χ4n) is 2.90. The van der Waals surface area contributed by atoms with E-state index in [0.29, 0.717) is 17.5 Å². The second kappa shape index (κ2) is 7.34. The minimum atomic E-state index is -3.62. The molecule has 0 spiro atoms. The molecule has 4 rings (SSSR count). The van der Waals surface area contributed by atoms with Crippen molar-refractivity contribution in [3.05, 3.63) is 71.0 Å². The predicted molar refractivity (Wildman–Crippen MR) is 107 cm³/mol. The minimum Gasteiger partial charge on any atom is -0.478 e. The van der Waals surface area contributed by atoms with E-state index in [1.54, 1.807) is 0 Å². The predicted octanol–water partition coefficient (Wildman–Crippen LogP) is 3.12. The van der Waals surface area contributed by atoms with Crippen LogP contribution in [0.2, 0.25) is 5.02 Å². The Morgan fingerprint density at radius 3 is 2.66 bits per heavy atom. The number of H-pyrrole nitrogens is 1. The summed E-state index contributed by atoms with van der Waals surface area (Å²) in [6.45, 7) is 0. The Morgan fingerprint density at radius 1 is 1.21 bits per heavy atom. The van der Waals surface area contributed by atoms with E-state index in [9.17, 15) is 13.2 Å². The van der Waals surface area contributed by atoms with Crippen molar-refractivity contribution in [2.24, 2.45) is 0 Å². The first-order chi connectivity index (χ1) is 13.8. The first-order valence-electron chi connectivity index (χ1n) is 8.58. The van der Waals surface area contributed by atoms with Crippen LogP contribution in [0.1, 0.15) is 15.9 Å². The Kier molecular flexibility index (Phi) is 4.85. The molecule has 29 heavy (non-hydrogen) atoms. The molecular formula is C19H15ClN4O4S. The molecule has 0 radical (unpaired) electrons. The van der Waals surface area contributed by atoms with Crippen molar-refractivity contribution < 1.29 is 18.3 Å². The highest BCUT2D eigenvalue weighted by molar-refractivity contribution is 7.91. The second-order valence-electron chi connectivity index (χ2n) is 6.39. The number of nitrogens with one attached hydrogen (secondary N) is 1. The maximum atomic E-state index is 12.8. The van der Waals surface area contributed by atoms with Crippen molar-refractivity contribution in [1.82, 2.24) is 19.7 Å². The molecule has 0 atom stereocenters. The number of hydrogen-bond donors (Lipinski definition) is 2. The number of aromatic amines is 1. The van der Waals surface area contributed by atoms with Crippen LogP contribution in [-0.2, 0) is 16.3 Å². The van der Waals surface area contributed by atoms with Crippen LogP contribution in [0.5, 0.6) is 0 Å². The standard InChI is InChI=1S/C19H15ClN4O4S/c20-14-8-15-16(23-19(22-15)24-11-13(10-21-24)18(25)26)9-17(14)29(27,28)7-6-12-4-2-1-3-5-12/h1-5,8-11H,6-7H2,(H,22,23)(H,25,26). The lowest BCUT2D eigenvalue weighted by molar-refractivity contribution is 0.0697. The third-order valence-corrected chi connectivity index (χ3v) is 6.58. The number of imidazole rings is 1. The van der Waals surface area contributed by atoms with Crippen LogP contribution in [-0.4, -0.2) is 45.0 Å². The molecular weight excluding hydrogens is 416 g/mol. The molecule has 148 valence electrons. The SMILES string of the molecule is O=C(O)c1cnn(-c2nc3cc(Cl)c(S(=O)(=O)CCc4ccccc4)cc3[nH]2)c1. The fourth-order valence-corrected chi connectivity index (χ4v) is 4.79. The van der Waals surface area contributed by atoms with Gasteiger partial charge in [-0.15, -0.1) is 0 Å². The van der Waals surface area contributed by atoms with Crippen molar-refractivity contribution in [2.75, 3.05) is 5.75 Å². The maximum Gasteiger partial charge on any atom is 0.338 e. The lowest BCUT2D eigenvalue weighted by Crippen LogP contribution is -2.10. The van der Waals surface area contributed by atoms with E-state index in [4.69, 9.17) is 16.7 Å². The van der Waals surface area contributed by atoms with Crippen LogP contribution in [0, 0.1) is 0 Å². The summed E-state index contributed by atoms with van der Waals surface area (Å²) in [5, 5.41) is 13.0. The highest BCUT2D eigenvalue weighted by Gasteiger charge is 2.21. The lowest BCUT2D eigenvalue weighted by atomic mass is 10.2. The van der Waals surface area contributed by atoms with Crippen molar-refractivity contribution in [3.63, 3.8) is 0 Å². The van der Waals surface area contributed by atoms with Crippen LogP contribution >= 0.6 is 11.6 Å². The van der Waals surface area contributed by atoms with E-state index in [-0.39, 0.29) is 27.2 Å². The summed E-state index contributed by atoms with van der Waals surface area (Å²) in [5.74, 6) is -0.936. The summed E-state index contributed by atoms with van der Waals surface area (Å²) in [7, 11) is -3.62. The third-order valence-electron chi connectivity index (χ3n) is 4.41. The summed E-state index contributed by atoms with van der Waals surface area (Å²) in [6, 6.07) is 12.2. The van der Waals surface area contributed by atoms with Gasteiger partial charge in [-0.05, 0) is 24.1 Å². The Labute approximate surface area is 170 Å². The van der Waals surface area contributed by atoms with Crippen LogP contribution in [0.25, 0.3) is 17.0 Å². The Balaban J connectivity index is 1.66. The zero-order valence-corrected chi connectivity index (χ0v) is 16.5. The molecule has 2 aromatic heterocycles. The van der Waals surface area contributed by atoms with E-state index in [1.807, 2.05) is 30.3 Å². The molecule has 0 bridgehead atoms. The number of carboxylic acids is 1. The molecule has 0 aliphatic rings. The molecule has 10 heteroatoms. The summed E-state index contributed by atoms with van der Waals surface area (Å²) >= 11 is 6.24. The van der Waals surface area contributed by atoms with Crippen LogP contribution in [0.4, 0.5) is 0 Å². The number of halogens is 1. The lowest BCUT2D eigenvalue weighted by Gasteiger charge is -2.07. The molecule has 0 saturated heterocycles. The summed E-state index contributed by atoms with van der Waals surface area (Å²) in [5.41, 5.74) is 1.83. The van der Waals surface area contributed by atoms with E-state index < -0.39 is 15.8 Å². The number of fused-ring (bicyclic) bond motifs is 1. The number of aryl methyl sites for hydroxylation is 1. The van der Waals surface area contributed by atoms with E-state index in [1.165, 1.54) is 29.2 Å². The van der Waals surface area contributed by atoms with Crippen molar-refractivity contribution in [1.29, 1.82) is 0 Å². The van der Waals surface area contributed by atoms with Gasteiger partial charge in [-0.25, -0.2) is 22.9 Å². The number of rotatable bonds is 6. The maximum absolute atomic E-state index is 12.8. The average molecular weight is 431 g/mol. The Morgan fingerprint density at radius 2 is 1.97 bits per heavy atom. The number of benzene rings is 2. The molecule has 0 saturated carbocycles. The van der Waals surface area contributed by atoms with Gasteiger partial charge in [0.1, 0.15) is 0 Å².